The van der Waals surface area contributed by atoms with Crippen LogP contribution in [-0.4, -0.2) is 53.6 Å². The molecule has 0 aliphatic rings. The van der Waals surface area contributed by atoms with E-state index >= 15 is 0 Å². The van der Waals surface area contributed by atoms with Crippen molar-refractivity contribution in [2.24, 2.45) is 11.5 Å². The fourth-order valence-electron chi connectivity index (χ4n) is 4.11. The van der Waals surface area contributed by atoms with Crippen molar-refractivity contribution in [2.45, 2.75) is 37.8 Å². The molecular weight excluding hydrogens is 428 g/mol. The minimum absolute atomic E-state index is 0.0734. The zero-order valence-electron chi connectivity index (χ0n) is 19.4. The van der Waals surface area contributed by atoms with Crippen LogP contribution in [0.15, 0.2) is 72.8 Å². The molecule has 0 aromatic heterocycles. The number of anilines is 1. The van der Waals surface area contributed by atoms with Crippen molar-refractivity contribution >= 4 is 28.3 Å². The molecular formula is C27H34N4O3. The van der Waals surface area contributed by atoms with Gasteiger partial charge >= 0.3 is 5.97 Å². The van der Waals surface area contributed by atoms with Crippen molar-refractivity contribution in [3.63, 3.8) is 0 Å². The Hall–Kier alpha value is -3.42. The van der Waals surface area contributed by atoms with E-state index in [1.165, 1.54) is 4.90 Å². The molecule has 3 aromatic rings. The third kappa shape index (κ3) is 6.79. The molecule has 0 radical (unpaired) electrons. The third-order valence-corrected chi connectivity index (χ3v) is 5.96. The largest absolute Gasteiger partial charge is 0.480 e. The second kappa shape index (κ2) is 12.7. The van der Waals surface area contributed by atoms with Crippen molar-refractivity contribution in [3.05, 3.63) is 78.4 Å². The number of nitrogens with one attached hydrogen (secondary N) is 1. The van der Waals surface area contributed by atoms with Crippen LogP contribution >= 0.6 is 0 Å². The summed E-state index contributed by atoms with van der Waals surface area (Å²) < 4.78 is 0. The second-order valence-electron chi connectivity index (χ2n) is 8.42. The molecule has 0 heterocycles. The van der Waals surface area contributed by atoms with E-state index in [1.54, 1.807) is 0 Å². The van der Waals surface area contributed by atoms with Gasteiger partial charge in [0.15, 0.2) is 0 Å². The molecule has 34 heavy (non-hydrogen) atoms. The second-order valence-corrected chi connectivity index (χ2v) is 8.42. The van der Waals surface area contributed by atoms with Gasteiger partial charge in [0.05, 0.1) is 6.04 Å². The highest BCUT2D eigenvalue weighted by Gasteiger charge is 2.32. The molecule has 0 aliphatic heterocycles. The summed E-state index contributed by atoms with van der Waals surface area (Å²) in [6, 6.07) is 21.8. The number of hydrogen-bond acceptors (Lipinski definition) is 5. The van der Waals surface area contributed by atoms with Crippen molar-refractivity contribution in [1.29, 1.82) is 0 Å². The number of hydrogen-bond donors (Lipinski definition) is 4. The number of carbonyl (C=O) groups excluding carboxylic acids is 1. The number of nitrogens with zero attached hydrogens (tertiary/aromatic N) is 1. The quantitative estimate of drug-likeness (QED) is 0.309. The minimum atomic E-state index is -1.06. The van der Waals surface area contributed by atoms with Gasteiger partial charge in [0.1, 0.15) is 6.04 Å². The standard InChI is InChI=1S/C27H34N4O3/c28-17-7-15-23(29)26(32)31(18-8-11-20-9-2-1-3-10-20)25(27(33)34)19-30-24-16-6-13-21-12-4-5-14-22(21)24/h1-6,9-10,12-14,16,23,25,30H,7-8,11,15,17-19,28-29H2,(H,33,34)/t23-,25-/m0/s1. The van der Waals surface area contributed by atoms with Crippen LogP contribution in [0.4, 0.5) is 5.69 Å². The van der Waals surface area contributed by atoms with Crippen LogP contribution in [0.2, 0.25) is 0 Å². The first kappa shape index (κ1) is 25.2. The number of rotatable bonds is 13. The zero-order chi connectivity index (χ0) is 24.3. The summed E-state index contributed by atoms with van der Waals surface area (Å²) in [5, 5.41) is 15.4. The van der Waals surface area contributed by atoms with Crippen LogP contribution in [0.1, 0.15) is 24.8 Å². The number of aryl methyl sites for hydroxylation is 1. The predicted octanol–water partition coefficient (Wildman–Crippen LogP) is 3.23. The molecule has 7 nitrogen and oxygen atoms in total. The Bertz CT molecular complexity index is 1070. The Morgan fingerprint density at radius 3 is 2.38 bits per heavy atom. The number of aliphatic carboxylic acids is 1. The summed E-state index contributed by atoms with van der Waals surface area (Å²) in [6.45, 7) is 0.808. The number of nitrogens with two attached hydrogens (primary N) is 2. The Morgan fingerprint density at radius 1 is 0.941 bits per heavy atom. The Morgan fingerprint density at radius 2 is 1.65 bits per heavy atom. The van der Waals surface area contributed by atoms with Gasteiger partial charge in [-0.1, -0.05) is 66.7 Å². The van der Waals surface area contributed by atoms with Crippen LogP contribution in [0.3, 0.4) is 0 Å². The number of carbonyl (C=O) groups is 2. The number of carboxylic acids is 1. The summed E-state index contributed by atoms with van der Waals surface area (Å²) in [6.07, 6.45) is 2.41. The molecule has 1 amide bonds. The van der Waals surface area contributed by atoms with Gasteiger partial charge in [-0.25, -0.2) is 4.79 Å². The van der Waals surface area contributed by atoms with Crippen LogP contribution < -0.4 is 16.8 Å². The van der Waals surface area contributed by atoms with E-state index in [1.807, 2.05) is 72.8 Å². The number of fused-ring (bicyclic) bond motifs is 1. The number of carboxylic acid groups (broad SMARTS) is 1. The van der Waals surface area contributed by atoms with E-state index in [0.717, 1.165) is 28.4 Å². The molecule has 180 valence electrons. The maximum atomic E-state index is 13.2. The maximum absolute atomic E-state index is 13.2. The van der Waals surface area contributed by atoms with Gasteiger partial charge in [0.25, 0.3) is 0 Å². The lowest BCUT2D eigenvalue weighted by atomic mass is 10.1. The summed E-state index contributed by atoms with van der Waals surface area (Å²) in [4.78, 5) is 27.0. The van der Waals surface area contributed by atoms with Crippen LogP contribution in [-0.2, 0) is 16.0 Å². The van der Waals surface area contributed by atoms with Crippen LogP contribution in [0, 0.1) is 0 Å². The number of benzene rings is 3. The van der Waals surface area contributed by atoms with Crippen LogP contribution in [0.5, 0.6) is 0 Å². The molecule has 7 heteroatoms. The molecule has 0 bridgehead atoms. The zero-order valence-corrected chi connectivity index (χ0v) is 19.4. The van der Waals surface area contributed by atoms with Gasteiger partial charge in [-0.3, -0.25) is 4.79 Å². The van der Waals surface area contributed by atoms with Crippen molar-refractivity contribution in [3.8, 4) is 0 Å². The monoisotopic (exact) mass is 462 g/mol. The Labute approximate surface area is 200 Å². The highest BCUT2D eigenvalue weighted by atomic mass is 16.4. The molecule has 6 N–H and O–H groups in total. The van der Waals surface area contributed by atoms with Crippen molar-refractivity contribution in [1.82, 2.24) is 4.90 Å². The first-order valence-corrected chi connectivity index (χ1v) is 11.8. The summed E-state index contributed by atoms with van der Waals surface area (Å²) in [5.74, 6) is -1.42. The van der Waals surface area contributed by atoms with E-state index in [0.29, 0.717) is 32.4 Å². The van der Waals surface area contributed by atoms with Crippen LogP contribution in [0.25, 0.3) is 10.8 Å². The first-order valence-electron chi connectivity index (χ1n) is 11.8. The maximum Gasteiger partial charge on any atom is 0.328 e. The van der Waals surface area contributed by atoms with Gasteiger partial charge in [0.2, 0.25) is 5.91 Å². The lowest BCUT2D eigenvalue weighted by molar-refractivity contribution is -0.150. The van der Waals surface area contributed by atoms with Gasteiger partial charge < -0.3 is 26.8 Å². The molecule has 3 rings (SSSR count). The highest BCUT2D eigenvalue weighted by molar-refractivity contribution is 5.94. The SMILES string of the molecule is NCCC[C@H](N)C(=O)N(CCCc1ccccc1)[C@@H](CNc1cccc2ccccc12)C(=O)O. The third-order valence-electron chi connectivity index (χ3n) is 5.96. The molecule has 0 saturated heterocycles. The molecule has 2 atom stereocenters. The average molecular weight is 463 g/mol. The lowest BCUT2D eigenvalue weighted by Crippen LogP contribution is -2.54. The number of amides is 1. The fraction of sp³-hybridized carbons (Fsp3) is 0.333. The van der Waals surface area contributed by atoms with E-state index in [2.05, 4.69) is 5.32 Å². The van der Waals surface area contributed by atoms with Gasteiger partial charge in [-0.2, -0.15) is 0 Å². The van der Waals surface area contributed by atoms with Gasteiger partial charge in [-0.15, -0.1) is 0 Å². The van der Waals surface area contributed by atoms with E-state index < -0.39 is 18.1 Å². The summed E-state index contributed by atoms with van der Waals surface area (Å²) in [5.41, 5.74) is 13.7. The normalized spacial score (nSPS) is 12.8. The average Bonchev–Trinajstić information content (AvgIpc) is 2.86. The van der Waals surface area contributed by atoms with Gasteiger partial charge in [-0.05, 0) is 49.2 Å². The van der Waals surface area contributed by atoms with Crippen molar-refractivity contribution < 1.29 is 14.7 Å². The molecule has 0 spiro atoms. The van der Waals surface area contributed by atoms with E-state index in [4.69, 9.17) is 11.5 Å². The summed E-state index contributed by atoms with van der Waals surface area (Å²) in [7, 11) is 0. The first-order chi connectivity index (χ1) is 16.5. The molecule has 3 aromatic carbocycles. The predicted molar refractivity (Wildman–Crippen MR) is 137 cm³/mol. The topological polar surface area (TPSA) is 122 Å². The molecule has 0 saturated carbocycles. The highest BCUT2D eigenvalue weighted by Crippen LogP contribution is 2.23. The van der Waals surface area contributed by atoms with Crippen molar-refractivity contribution in [2.75, 3.05) is 25.0 Å². The molecule has 0 unspecified atom stereocenters. The smallest absolute Gasteiger partial charge is 0.328 e. The minimum Gasteiger partial charge on any atom is -0.480 e. The fourth-order valence-corrected chi connectivity index (χ4v) is 4.11. The van der Waals surface area contributed by atoms with Gasteiger partial charge in [0, 0.05) is 24.2 Å². The lowest BCUT2D eigenvalue weighted by Gasteiger charge is -2.32. The van der Waals surface area contributed by atoms with E-state index in [-0.39, 0.29) is 12.5 Å². The van der Waals surface area contributed by atoms with E-state index in [9.17, 15) is 14.7 Å². The Kier molecular flexibility index (Phi) is 9.43. The summed E-state index contributed by atoms with van der Waals surface area (Å²) >= 11 is 0. The molecule has 0 aliphatic carbocycles. The molecule has 0 fully saturated rings. The Balaban J connectivity index is 1.77.